The maximum atomic E-state index is 6.13. The molecule has 0 unspecified atom stereocenters. The highest BCUT2D eigenvalue weighted by atomic mass is 16.6. The van der Waals surface area contributed by atoms with E-state index in [0.29, 0.717) is 66.1 Å². The van der Waals surface area contributed by atoms with Gasteiger partial charge in [-0.1, -0.05) is 65.4 Å². The van der Waals surface area contributed by atoms with Crippen LogP contribution in [0.2, 0.25) is 0 Å². The fourth-order valence-corrected chi connectivity index (χ4v) is 4.12. The van der Waals surface area contributed by atoms with Crippen LogP contribution in [0.4, 0.5) is 0 Å². The number of ether oxygens (including phenoxy) is 6. The highest BCUT2D eigenvalue weighted by Crippen LogP contribution is 2.38. The summed E-state index contributed by atoms with van der Waals surface area (Å²) in [7, 11) is 0. The SMILES string of the molecule is CCCCCCCC[C@@](C)(CC)c1ccc2c(c1)OCCOCCOCCOCCOCCO2. The molecule has 0 fully saturated rings. The van der Waals surface area contributed by atoms with E-state index in [4.69, 9.17) is 28.4 Å². The molecule has 0 saturated carbocycles. The molecule has 0 amide bonds. The van der Waals surface area contributed by atoms with Crippen molar-refractivity contribution in [3.8, 4) is 11.5 Å². The van der Waals surface area contributed by atoms with Gasteiger partial charge >= 0.3 is 0 Å². The Kier molecular flexibility index (Phi) is 15.3. The van der Waals surface area contributed by atoms with Gasteiger partial charge in [-0.2, -0.15) is 0 Å². The van der Waals surface area contributed by atoms with Crippen LogP contribution in [-0.4, -0.2) is 66.1 Å². The smallest absolute Gasteiger partial charge is 0.161 e. The van der Waals surface area contributed by atoms with Gasteiger partial charge in [0.25, 0.3) is 0 Å². The van der Waals surface area contributed by atoms with Crippen LogP contribution in [0, 0.1) is 0 Å². The van der Waals surface area contributed by atoms with Gasteiger partial charge in [0.15, 0.2) is 11.5 Å². The van der Waals surface area contributed by atoms with Gasteiger partial charge < -0.3 is 28.4 Å². The molecule has 1 aliphatic rings. The molecule has 0 aromatic heterocycles. The zero-order valence-electron chi connectivity index (χ0n) is 21.9. The van der Waals surface area contributed by atoms with Crippen molar-refractivity contribution < 1.29 is 28.4 Å². The summed E-state index contributed by atoms with van der Waals surface area (Å²) in [4.78, 5) is 0. The second kappa shape index (κ2) is 18.0. The van der Waals surface area contributed by atoms with Crippen LogP contribution in [0.1, 0.15) is 77.7 Å². The predicted octanol–water partition coefficient (Wildman–Crippen LogP) is 5.94. The molecule has 196 valence electrons. The molecular weight excluding hydrogens is 432 g/mol. The number of fused-ring (bicyclic) bond motifs is 1. The molecule has 1 atom stereocenters. The van der Waals surface area contributed by atoms with Gasteiger partial charge in [0.1, 0.15) is 13.2 Å². The average molecular weight is 481 g/mol. The zero-order valence-corrected chi connectivity index (χ0v) is 21.9. The van der Waals surface area contributed by atoms with E-state index in [9.17, 15) is 0 Å². The van der Waals surface area contributed by atoms with Crippen molar-refractivity contribution in [3.63, 3.8) is 0 Å². The van der Waals surface area contributed by atoms with Gasteiger partial charge in [-0.3, -0.25) is 0 Å². The molecule has 1 heterocycles. The number of hydrogen-bond acceptors (Lipinski definition) is 6. The molecular formula is C28H48O6. The van der Waals surface area contributed by atoms with Crippen molar-refractivity contribution in [1.29, 1.82) is 0 Å². The van der Waals surface area contributed by atoms with Gasteiger partial charge in [0.05, 0.1) is 52.9 Å². The van der Waals surface area contributed by atoms with Crippen molar-refractivity contribution in [2.45, 2.75) is 77.6 Å². The third kappa shape index (κ3) is 11.4. The molecule has 0 radical (unpaired) electrons. The van der Waals surface area contributed by atoms with Gasteiger partial charge in [-0.15, -0.1) is 0 Å². The largest absolute Gasteiger partial charge is 0.487 e. The summed E-state index contributed by atoms with van der Waals surface area (Å²) in [5.74, 6) is 1.54. The van der Waals surface area contributed by atoms with Crippen molar-refractivity contribution >= 4 is 0 Å². The third-order valence-corrected chi connectivity index (χ3v) is 6.59. The van der Waals surface area contributed by atoms with E-state index in [1.54, 1.807) is 0 Å². The monoisotopic (exact) mass is 480 g/mol. The van der Waals surface area contributed by atoms with Gasteiger partial charge in [0.2, 0.25) is 0 Å². The second-order valence-electron chi connectivity index (χ2n) is 9.24. The van der Waals surface area contributed by atoms with E-state index in [1.165, 1.54) is 50.5 Å². The van der Waals surface area contributed by atoms with Crippen molar-refractivity contribution in [3.05, 3.63) is 23.8 Å². The van der Waals surface area contributed by atoms with Crippen LogP contribution in [0.5, 0.6) is 11.5 Å². The number of rotatable bonds is 9. The first-order valence-electron chi connectivity index (χ1n) is 13.4. The molecule has 0 N–H and O–H groups in total. The second-order valence-corrected chi connectivity index (χ2v) is 9.24. The van der Waals surface area contributed by atoms with Crippen molar-refractivity contribution in [1.82, 2.24) is 0 Å². The molecule has 2 rings (SSSR count). The minimum Gasteiger partial charge on any atom is -0.487 e. The predicted molar refractivity (Wildman–Crippen MR) is 136 cm³/mol. The Morgan fingerprint density at radius 3 is 1.68 bits per heavy atom. The van der Waals surface area contributed by atoms with Gasteiger partial charge in [-0.05, 0) is 36.0 Å². The summed E-state index contributed by atoms with van der Waals surface area (Å²) < 4.78 is 34.4. The normalized spacial score (nSPS) is 19.0. The molecule has 0 bridgehead atoms. The lowest BCUT2D eigenvalue weighted by molar-refractivity contribution is -0.00842. The Hall–Kier alpha value is -1.34. The maximum Gasteiger partial charge on any atom is 0.161 e. The maximum absolute atomic E-state index is 6.13. The topological polar surface area (TPSA) is 55.4 Å². The first kappa shape index (κ1) is 28.9. The highest BCUT2D eigenvalue weighted by Gasteiger charge is 2.25. The molecule has 1 aromatic carbocycles. The van der Waals surface area contributed by atoms with Gasteiger partial charge in [-0.25, -0.2) is 0 Å². The Morgan fingerprint density at radius 2 is 1.12 bits per heavy atom. The van der Waals surface area contributed by atoms with E-state index in [1.807, 2.05) is 0 Å². The standard InChI is InChI=1S/C28H48O6/c1-4-6-7-8-9-10-13-28(3,5-2)25-11-12-26-27(24-25)34-23-21-32-19-17-30-15-14-29-16-18-31-20-22-33-26/h11-12,24H,4-10,13-23H2,1-3H3/t28-/m1/s1. The van der Waals surface area contributed by atoms with Gasteiger partial charge in [0, 0.05) is 0 Å². The van der Waals surface area contributed by atoms with Crippen LogP contribution in [0.3, 0.4) is 0 Å². The molecule has 0 spiro atoms. The average Bonchev–Trinajstić information content (AvgIpc) is 2.85. The lowest BCUT2D eigenvalue weighted by atomic mass is 9.76. The summed E-state index contributed by atoms with van der Waals surface area (Å²) in [6.07, 6.45) is 10.2. The van der Waals surface area contributed by atoms with Crippen LogP contribution < -0.4 is 9.47 Å². The Bertz CT molecular complexity index is 637. The molecule has 6 heteroatoms. The fraction of sp³-hybridized carbons (Fsp3) is 0.786. The first-order chi connectivity index (χ1) is 16.7. The van der Waals surface area contributed by atoms with E-state index in [0.717, 1.165) is 17.9 Å². The number of unbranched alkanes of at least 4 members (excludes halogenated alkanes) is 5. The summed E-state index contributed by atoms with van der Waals surface area (Å²) in [5.41, 5.74) is 1.45. The summed E-state index contributed by atoms with van der Waals surface area (Å²) >= 11 is 0. The minimum absolute atomic E-state index is 0.131. The highest BCUT2D eigenvalue weighted by molar-refractivity contribution is 5.45. The molecule has 6 nitrogen and oxygen atoms in total. The van der Waals surface area contributed by atoms with Crippen LogP contribution >= 0.6 is 0 Å². The van der Waals surface area contributed by atoms with Crippen molar-refractivity contribution in [2.75, 3.05) is 66.1 Å². The summed E-state index contributed by atoms with van der Waals surface area (Å²) in [6, 6.07) is 6.43. The number of benzene rings is 1. The van der Waals surface area contributed by atoms with Crippen LogP contribution in [0.25, 0.3) is 0 Å². The molecule has 0 saturated heterocycles. The minimum atomic E-state index is 0.131. The van der Waals surface area contributed by atoms with Crippen LogP contribution in [0.15, 0.2) is 18.2 Å². The van der Waals surface area contributed by atoms with E-state index >= 15 is 0 Å². The van der Waals surface area contributed by atoms with Crippen LogP contribution in [-0.2, 0) is 24.4 Å². The molecule has 1 aliphatic heterocycles. The Morgan fingerprint density at radius 1 is 0.618 bits per heavy atom. The van der Waals surface area contributed by atoms with Crippen molar-refractivity contribution in [2.24, 2.45) is 0 Å². The lowest BCUT2D eigenvalue weighted by Crippen LogP contribution is -2.21. The zero-order chi connectivity index (χ0) is 24.3. The molecule has 1 aromatic rings. The third-order valence-electron chi connectivity index (χ3n) is 6.59. The summed E-state index contributed by atoms with van der Waals surface area (Å²) in [5, 5.41) is 0. The van der Waals surface area contributed by atoms with E-state index in [2.05, 4.69) is 39.0 Å². The number of hydrogen-bond donors (Lipinski definition) is 0. The fourth-order valence-electron chi connectivity index (χ4n) is 4.12. The van der Waals surface area contributed by atoms with E-state index in [-0.39, 0.29) is 5.41 Å². The Balaban J connectivity index is 2.00. The molecule has 0 aliphatic carbocycles. The lowest BCUT2D eigenvalue weighted by Gasteiger charge is -2.30. The molecule has 34 heavy (non-hydrogen) atoms. The summed E-state index contributed by atoms with van der Waals surface area (Å²) in [6.45, 7) is 12.2. The quantitative estimate of drug-likeness (QED) is 0.408. The Labute approximate surface area is 207 Å². The first-order valence-corrected chi connectivity index (χ1v) is 13.4. The van der Waals surface area contributed by atoms with E-state index < -0.39 is 0 Å².